The summed E-state index contributed by atoms with van der Waals surface area (Å²) in [7, 11) is 0. The van der Waals surface area contributed by atoms with Crippen LogP contribution in [0.3, 0.4) is 0 Å². The van der Waals surface area contributed by atoms with Gasteiger partial charge < -0.3 is 25.4 Å². The summed E-state index contributed by atoms with van der Waals surface area (Å²) in [6.07, 6.45) is 11.2. The topological polar surface area (TPSA) is 108 Å². The summed E-state index contributed by atoms with van der Waals surface area (Å²) < 4.78 is 5.52. The maximum atomic E-state index is 14.6. The number of benzene rings is 2. The van der Waals surface area contributed by atoms with Crippen LogP contribution in [-0.2, 0) is 20.7 Å². The summed E-state index contributed by atoms with van der Waals surface area (Å²) in [6.45, 7) is 13.3. The second kappa shape index (κ2) is 16.7. The lowest BCUT2D eigenvalue weighted by Crippen LogP contribution is -2.55. The minimum atomic E-state index is -1.06. The Morgan fingerprint density at radius 2 is 1.55 bits per heavy atom. The second-order valence-electron chi connectivity index (χ2n) is 13.2. The van der Waals surface area contributed by atoms with Gasteiger partial charge in [-0.05, 0) is 77.3 Å². The molecule has 0 saturated heterocycles. The van der Waals surface area contributed by atoms with Crippen LogP contribution in [0.1, 0.15) is 110 Å². The normalized spacial score (nSPS) is 12.9. The Bertz CT molecular complexity index is 1270. The molecule has 0 aliphatic rings. The number of unbranched alkanes of at least 4 members (excludes halogenated alkanes) is 5. The second-order valence-corrected chi connectivity index (χ2v) is 13.2. The Morgan fingerprint density at radius 3 is 2.14 bits per heavy atom. The Morgan fingerprint density at radius 1 is 0.932 bits per heavy atom. The van der Waals surface area contributed by atoms with E-state index in [4.69, 9.17) is 11.2 Å². The van der Waals surface area contributed by atoms with Crippen molar-refractivity contribution in [2.45, 2.75) is 117 Å². The van der Waals surface area contributed by atoms with Crippen LogP contribution in [0.5, 0.6) is 5.75 Å². The number of nitrogens with one attached hydrogen (secondary N) is 2. The summed E-state index contributed by atoms with van der Waals surface area (Å²) in [4.78, 5) is 43.3. The van der Waals surface area contributed by atoms with Crippen LogP contribution in [0, 0.1) is 12.3 Å². The van der Waals surface area contributed by atoms with Gasteiger partial charge in [-0.2, -0.15) is 0 Å². The van der Waals surface area contributed by atoms with Crippen molar-refractivity contribution in [1.29, 1.82) is 0 Å². The van der Waals surface area contributed by atoms with Gasteiger partial charge in [-0.15, -0.1) is 6.42 Å². The number of carbonyl (C=O) groups is 3. The van der Waals surface area contributed by atoms with E-state index < -0.39 is 35.2 Å². The lowest BCUT2D eigenvalue weighted by atomic mass is 9.95. The molecular formula is C36H51N3O5. The first-order valence-corrected chi connectivity index (χ1v) is 15.6. The molecule has 0 fully saturated rings. The van der Waals surface area contributed by atoms with Crippen molar-refractivity contribution in [2.75, 3.05) is 6.54 Å². The molecule has 240 valence electrons. The van der Waals surface area contributed by atoms with E-state index in [9.17, 15) is 19.5 Å². The van der Waals surface area contributed by atoms with E-state index in [1.54, 1.807) is 62.1 Å². The van der Waals surface area contributed by atoms with Crippen molar-refractivity contribution >= 4 is 17.9 Å². The van der Waals surface area contributed by atoms with E-state index in [1.807, 2.05) is 20.8 Å². The largest absolute Gasteiger partial charge is 0.508 e. The van der Waals surface area contributed by atoms with E-state index in [2.05, 4.69) is 23.5 Å². The molecule has 44 heavy (non-hydrogen) atoms. The van der Waals surface area contributed by atoms with Crippen molar-refractivity contribution in [3.63, 3.8) is 0 Å². The summed E-state index contributed by atoms with van der Waals surface area (Å²) in [5, 5.41) is 15.6. The first-order valence-electron chi connectivity index (χ1n) is 15.6. The number of ether oxygens (including phenoxy) is 1. The van der Waals surface area contributed by atoms with Gasteiger partial charge in [0.2, 0.25) is 11.8 Å². The number of aromatic hydroxyl groups is 1. The number of carbonyl (C=O) groups excluding carboxylic acids is 3. The van der Waals surface area contributed by atoms with Crippen molar-refractivity contribution in [3.05, 3.63) is 65.2 Å². The van der Waals surface area contributed by atoms with Gasteiger partial charge in [-0.3, -0.25) is 9.59 Å². The molecule has 0 saturated carbocycles. The molecule has 0 radical (unpaired) electrons. The molecule has 2 atom stereocenters. The fourth-order valence-electron chi connectivity index (χ4n) is 4.90. The maximum Gasteiger partial charge on any atom is 0.408 e. The minimum Gasteiger partial charge on any atom is -0.508 e. The van der Waals surface area contributed by atoms with E-state index in [1.165, 1.54) is 12.1 Å². The third-order valence-electron chi connectivity index (χ3n) is 6.87. The molecule has 0 bridgehead atoms. The molecule has 2 unspecified atom stereocenters. The smallest absolute Gasteiger partial charge is 0.408 e. The zero-order chi connectivity index (χ0) is 32.9. The number of terminal acetylenes is 1. The summed E-state index contributed by atoms with van der Waals surface area (Å²) in [5.74, 6) is 1.98. The predicted octanol–water partition coefficient (Wildman–Crippen LogP) is 6.65. The summed E-state index contributed by atoms with van der Waals surface area (Å²) in [5.41, 5.74) is 0.413. The van der Waals surface area contributed by atoms with Gasteiger partial charge >= 0.3 is 6.09 Å². The summed E-state index contributed by atoms with van der Waals surface area (Å²) >= 11 is 0. The highest BCUT2D eigenvalue weighted by atomic mass is 16.6. The number of rotatable bonds is 14. The van der Waals surface area contributed by atoms with Crippen LogP contribution >= 0.6 is 0 Å². The van der Waals surface area contributed by atoms with Crippen molar-refractivity contribution in [3.8, 4) is 18.1 Å². The highest BCUT2D eigenvalue weighted by Gasteiger charge is 2.38. The minimum absolute atomic E-state index is 0.0891. The Hall–Kier alpha value is -3.99. The molecule has 2 aromatic rings. The quantitative estimate of drug-likeness (QED) is 0.165. The van der Waals surface area contributed by atoms with Gasteiger partial charge in [0.25, 0.3) is 0 Å². The van der Waals surface area contributed by atoms with Crippen molar-refractivity contribution < 1.29 is 24.2 Å². The molecule has 3 N–H and O–H groups in total. The van der Waals surface area contributed by atoms with Gasteiger partial charge in [0.1, 0.15) is 23.4 Å². The van der Waals surface area contributed by atoms with Crippen LogP contribution in [0.15, 0.2) is 48.5 Å². The lowest BCUT2D eigenvalue weighted by molar-refractivity contribution is -0.143. The van der Waals surface area contributed by atoms with Crippen LogP contribution < -0.4 is 10.6 Å². The Balaban J connectivity index is 2.61. The molecule has 3 amide bonds. The number of phenolic OH excluding ortho intramolecular Hbond substituents is 1. The molecule has 2 aromatic carbocycles. The van der Waals surface area contributed by atoms with Gasteiger partial charge in [0.15, 0.2) is 0 Å². The average molecular weight is 606 g/mol. The van der Waals surface area contributed by atoms with Crippen LogP contribution in [0.4, 0.5) is 4.79 Å². The third kappa shape index (κ3) is 12.3. The SMILES string of the molecule is C#Cc1ccccc1C(C(=O)NC(C)(C)C)N(CCCCCCCC)C(=O)C(Cc1ccc(O)cc1)NC(=O)OC(C)(C)C. The molecule has 2 rings (SSSR count). The number of nitrogens with zero attached hydrogens (tertiary/aromatic N) is 1. The number of hydrogen-bond acceptors (Lipinski definition) is 5. The fraction of sp³-hybridized carbons (Fsp3) is 0.528. The molecule has 0 aliphatic heterocycles. The van der Waals surface area contributed by atoms with Crippen molar-refractivity contribution in [2.24, 2.45) is 0 Å². The molecule has 0 heterocycles. The van der Waals surface area contributed by atoms with Crippen LogP contribution in [0.2, 0.25) is 0 Å². The first kappa shape index (κ1) is 36.2. The average Bonchev–Trinajstić information content (AvgIpc) is 2.92. The molecule has 0 aliphatic carbocycles. The number of amides is 3. The van der Waals surface area contributed by atoms with E-state index in [-0.39, 0.29) is 24.6 Å². The molecule has 8 nitrogen and oxygen atoms in total. The van der Waals surface area contributed by atoms with Gasteiger partial charge in [0, 0.05) is 24.1 Å². The van der Waals surface area contributed by atoms with Crippen molar-refractivity contribution in [1.82, 2.24) is 15.5 Å². The molecule has 8 heteroatoms. The number of alkyl carbamates (subject to hydrolysis) is 1. The number of phenols is 1. The van der Waals surface area contributed by atoms with E-state index in [0.29, 0.717) is 17.5 Å². The predicted molar refractivity (Wildman–Crippen MR) is 175 cm³/mol. The number of hydrogen-bond donors (Lipinski definition) is 3. The van der Waals surface area contributed by atoms with Crippen LogP contribution in [-0.4, -0.2) is 51.6 Å². The van der Waals surface area contributed by atoms with E-state index >= 15 is 0 Å². The lowest BCUT2D eigenvalue weighted by Gasteiger charge is -2.36. The first-order chi connectivity index (χ1) is 20.6. The summed E-state index contributed by atoms with van der Waals surface area (Å²) in [6, 6.07) is 11.5. The Kier molecular flexibility index (Phi) is 13.8. The fourth-order valence-corrected chi connectivity index (χ4v) is 4.90. The Labute approximate surface area is 263 Å². The highest BCUT2D eigenvalue weighted by Crippen LogP contribution is 2.28. The van der Waals surface area contributed by atoms with E-state index in [0.717, 1.165) is 37.7 Å². The maximum absolute atomic E-state index is 14.6. The zero-order valence-corrected chi connectivity index (χ0v) is 27.5. The highest BCUT2D eigenvalue weighted by molar-refractivity contribution is 5.93. The monoisotopic (exact) mass is 605 g/mol. The van der Waals surface area contributed by atoms with Crippen LogP contribution in [0.25, 0.3) is 0 Å². The molecule has 0 aromatic heterocycles. The third-order valence-corrected chi connectivity index (χ3v) is 6.87. The zero-order valence-electron chi connectivity index (χ0n) is 27.5. The molecule has 0 spiro atoms. The molecular weight excluding hydrogens is 554 g/mol. The van der Waals surface area contributed by atoms with Gasteiger partial charge in [0.05, 0.1) is 0 Å². The van der Waals surface area contributed by atoms with Gasteiger partial charge in [-0.25, -0.2) is 4.79 Å². The standard InChI is InChI=1S/C36H51N3O5/c1-9-11-12-13-14-17-24-39(31(32(41)38-35(3,4)5)29-19-16-15-18-27(29)10-2)33(42)30(37-34(43)44-36(6,7)8)25-26-20-22-28(40)23-21-26/h2,15-16,18-23,30-31,40H,9,11-14,17,24-25H2,1,3-8H3,(H,37,43)(H,38,41). The van der Waals surface area contributed by atoms with Gasteiger partial charge in [-0.1, -0.05) is 75.3 Å².